The highest BCUT2D eigenvalue weighted by molar-refractivity contribution is 6.08. The summed E-state index contributed by atoms with van der Waals surface area (Å²) in [5, 5.41) is 0. The van der Waals surface area contributed by atoms with E-state index in [-0.39, 0.29) is 30.8 Å². The van der Waals surface area contributed by atoms with E-state index in [2.05, 4.69) is 4.98 Å². The van der Waals surface area contributed by atoms with Crippen LogP contribution in [0.1, 0.15) is 18.2 Å². The summed E-state index contributed by atoms with van der Waals surface area (Å²) in [6.45, 7) is 2.00. The second kappa shape index (κ2) is 9.05. The number of pyridine rings is 1. The minimum Gasteiger partial charge on any atom is -0.344 e. The number of likely N-dealkylation sites (N-methyl/N-ethyl adjacent to an activating group) is 2. The van der Waals surface area contributed by atoms with Crippen LogP contribution in [0.2, 0.25) is 0 Å². The molecule has 29 heavy (non-hydrogen) atoms. The minimum atomic E-state index is -1.20. The SMILES string of the molecule is CN(CCc1ccccn1)C(=O)CN1C(=O)N(C)C(=O)C1(C)c1ccccc1.Cl. The molecule has 1 aromatic heterocycles. The molecule has 0 N–H and O–H groups in total. The number of halogens is 1. The molecule has 0 bridgehead atoms. The van der Waals surface area contributed by atoms with E-state index in [0.717, 1.165) is 10.6 Å². The highest BCUT2D eigenvalue weighted by Gasteiger charge is 2.54. The van der Waals surface area contributed by atoms with Crippen molar-refractivity contribution in [1.29, 1.82) is 0 Å². The molecule has 1 atom stereocenters. The van der Waals surface area contributed by atoms with Crippen molar-refractivity contribution in [2.45, 2.75) is 18.9 Å². The molecule has 2 aromatic rings. The van der Waals surface area contributed by atoms with E-state index in [1.54, 1.807) is 37.2 Å². The van der Waals surface area contributed by atoms with Gasteiger partial charge in [0.1, 0.15) is 12.1 Å². The number of hydrogen-bond donors (Lipinski definition) is 0. The predicted octanol–water partition coefficient (Wildman–Crippen LogP) is 2.31. The number of aromatic nitrogens is 1. The zero-order chi connectivity index (χ0) is 20.3. The van der Waals surface area contributed by atoms with Crippen molar-refractivity contribution in [3.63, 3.8) is 0 Å². The fourth-order valence-electron chi connectivity index (χ4n) is 3.38. The van der Waals surface area contributed by atoms with Crippen LogP contribution in [0.25, 0.3) is 0 Å². The van der Waals surface area contributed by atoms with Crippen molar-refractivity contribution in [3.05, 3.63) is 66.0 Å². The third-order valence-electron chi connectivity index (χ3n) is 5.26. The summed E-state index contributed by atoms with van der Waals surface area (Å²) in [6, 6.07) is 14.3. The normalized spacial score (nSPS) is 18.6. The average molecular weight is 417 g/mol. The first-order valence-electron chi connectivity index (χ1n) is 9.15. The molecule has 0 saturated carbocycles. The van der Waals surface area contributed by atoms with Crippen molar-refractivity contribution < 1.29 is 14.4 Å². The van der Waals surface area contributed by atoms with Crippen LogP contribution in [-0.2, 0) is 21.5 Å². The zero-order valence-electron chi connectivity index (χ0n) is 16.7. The van der Waals surface area contributed by atoms with Crippen LogP contribution < -0.4 is 0 Å². The number of carbonyl (C=O) groups excluding carboxylic acids is 3. The van der Waals surface area contributed by atoms with Gasteiger partial charge in [-0.05, 0) is 24.6 Å². The molecule has 7 nitrogen and oxygen atoms in total. The van der Waals surface area contributed by atoms with Gasteiger partial charge >= 0.3 is 6.03 Å². The Morgan fingerprint density at radius 3 is 2.38 bits per heavy atom. The van der Waals surface area contributed by atoms with Crippen LogP contribution in [0.5, 0.6) is 0 Å². The van der Waals surface area contributed by atoms with Crippen molar-refractivity contribution in [1.82, 2.24) is 19.7 Å². The third-order valence-corrected chi connectivity index (χ3v) is 5.26. The summed E-state index contributed by atoms with van der Waals surface area (Å²) in [6.07, 6.45) is 2.33. The van der Waals surface area contributed by atoms with Gasteiger partial charge in [-0.25, -0.2) is 4.79 Å². The number of benzene rings is 1. The summed E-state index contributed by atoms with van der Waals surface area (Å²) in [5.74, 6) is -0.567. The molecule has 0 aliphatic carbocycles. The third kappa shape index (κ3) is 4.24. The molecule has 1 aromatic carbocycles. The number of hydrogen-bond acceptors (Lipinski definition) is 4. The van der Waals surface area contributed by atoms with E-state index >= 15 is 0 Å². The first-order chi connectivity index (χ1) is 13.4. The van der Waals surface area contributed by atoms with E-state index in [9.17, 15) is 14.4 Å². The molecule has 1 saturated heterocycles. The van der Waals surface area contributed by atoms with Crippen LogP contribution in [-0.4, -0.2) is 64.7 Å². The van der Waals surface area contributed by atoms with Crippen LogP contribution in [0, 0.1) is 0 Å². The summed E-state index contributed by atoms with van der Waals surface area (Å²) < 4.78 is 0. The number of carbonyl (C=O) groups is 3. The smallest absolute Gasteiger partial charge is 0.328 e. The van der Waals surface area contributed by atoms with Gasteiger partial charge in [0.15, 0.2) is 0 Å². The molecule has 0 spiro atoms. The largest absolute Gasteiger partial charge is 0.344 e. The van der Waals surface area contributed by atoms with Crippen molar-refractivity contribution in [2.24, 2.45) is 0 Å². The summed E-state index contributed by atoms with van der Waals surface area (Å²) in [7, 11) is 3.14. The monoisotopic (exact) mass is 416 g/mol. The van der Waals surface area contributed by atoms with Crippen LogP contribution in [0.15, 0.2) is 54.7 Å². The Balaban J connectivity index is 0.00000300. The number of amides is 4. The number of imide groups is 1. The van der Waals surface area contributed by atoms with Gasteiger partial charge in [-0.2, -0.15) is 0 Å². The van der Waals surface area contributed by atoms with E-state index < -0.39 is 11.6 Å². The van der Waals surface area contributed by atoms with Gasteiger partial charge in [-0.3, -0.25) is 24.4 Å². The summed E-state index contributed by atoms with van der Waals surface area (Å²) in [5.41, 5.74) is 0.370. The number of urea groups is 1. The highest BCUT2D eigenvalue weighted by atomic mass is 35.5. The van der Waals surface area contributed by atoms with Gasteiger partial charge in [0.25, 0.3) is 5.91 Å². The van der Waals surface area contributed by atoms with Crippen molar-refractivity contribution >= 4 is 30.3 Å². The van der Waals surface area contributed by atoms with Gasteiger partial charge in [0.05, 0.1) is 0 Å². The predicted molar refractivity (Wildman–Crippen MR) is 111 cm³/mol. The highest BCUT2D eigenvalue weighted by Crippen LogP contribution is 2.36. The lowest BCUT2D eigenvalue weighted by atomic mass is 9.90. The lowest BCUT2D eigenvalue weighted by molar-refractivity contribution is -0.135. The lowest BCUT2D eigenvalue weighted by Crippen LogP contribution is -2.49. The van der Waals surface area contributed by atoms with Crippen molar-refractivity contribution in [2.75, 3.05) is 27.2 Å². The van der Waals surface area contributed by atoms with Gasteiger partial charge < -0.3 is 4.90 Å². The zero-order valence-corrected chi connectivity index (χ0v) is 17.6. The molecular formula is C21H25ClN4O3. The Bertz CT molecular complexity index is 878. The molecule has 1 aliphatic heterocycles. The molecule has 4 amide bonds. The topological polar surface area (TPSA) is 73.8 Å². The van der Waals surface area contributed by atoms with Gasteiger partial charge in [-0.1, -0.05) is 36.4 Å². The summed E-state index contributed by atoms with van der Waals surface area (Å²) >= 11 is 0. The Labute approximate surface area is 176 Å². The molecule has 154 valence electrons. The number of nitrogens with zero attached hydrogens (tertiary/aromatic N) is 4. The standard InChI is InChI=1S/C21H24N4O3.ClH/c1-21(16-9-5-4-6-10-16)19(27)24(3)20(28)25(21)15-18(26)23(2)14-12-17-11-7-8-13-22-17;/h4-11,13H,12,14-15H2,1-3H3;1H. The second-order valence-corrected chi connectivity index (χ2v) is 7.06. The fraction of sp³-hybridized carbons (Fsp3) is 0.333. The maximum absolute atomic E-state index is 12.8. The van der Waals surface area contributed by atoms with E-state index in [0.29, 0.717) is 18.5 Å². The van der Waals surface area contributed by atoms with E-state index in [1.807, 2.05) is 36.4 Å². The molecular weight excluding hydrogens is 392 g/mol. The maximum Gasteiger partial charge on any atom is 0.328 e. The maximum atomic E-state index is 12.8. The van der Waals surface area contributed by atoms with E-state index in [4.69, 9.17) is 0 Å². The summed E-state index contributed by atoms with van der Waals surface area (Å²) in [4.78, 5) is 46.6. The minimum absolute atomic E-state index is 0. The molecule has 1 fully saturated rings. The van der Waals surface area contributed by atoms with Gasteiger partial charge in [-0.15, -0.1) is 12.4 Å². The molecule has 0 radical (unpaired) electrons. The van der Waals surface area contributed by atoms with E-state index in [1.165, 1.54) is 11.9 Å². The first-order valence-corrected chi connectivity index (χ1v) is 9.15. The van der Waals surface area contributed by atoms with Crippen molar-refractivity contribution in [3.8, 4) is 0 Å². The van der Waals surface area contributed by atoms with Crippen LogP contribution >= 0.6 is 12.4 Å². The molecule has 8 heteroatoms. The second-order valence-electron chi connectivity index (χ2n) is 7.06. The molecule has 1 unspecified atom stereocenters. The molecule has 3 rings (SSSR count). The Kier molecular flexibility index (Phi) is 6.97. The molecule has 2 heterocycles. The van der Waals surface area contributed by atoms with Crippen LogP contribution in [0.4, 0.5) is 4.79 Å². The lowest BCUT2D eigenvalue weighted by Gasteiger charge is -2.32. The Morgan fingerprint density at radius 2 is 1.76 bits per heavy atom. The van der Waals surface area contributed by atoms with Crippen LogP contribution in [0.3, 0.4) is 0 Å². The number of rotatable bonds is 6. The van der Waals surface area contributed by atoms with Gasteiger partial charge in [0.2, 0.25) is 5.91 Å². The fourth-order valence-corrected chi connectivity index (χ4v) is 3.38. The average Bonchev–Trinajstić information content (AvgIpc) is 2.89. The Morgan fingerprint density at radius 1 is 1.10 bits per heavy atom. The van der Waals surface area contributed by atoms with Gasteiger partial charge in [0, 0.05) is 39.0 Å². The first kappa shape index (κ1) is 22.4. The molecule has 1 aliphatic rings. The quantitative estimate of drug-likeness (QED) is 0.677. The Hall–Kier alpha value is -2.93.